The lowest BCUT2D eigenvalue weighted by Gasteiger charge is -2.09. The van der Waals surface area contributed by atoms with E-state index in [9.17, 15) is 18.5 Å². The Morgan fingerprint density at radius 3 is 2.61 bits per heavy atom. The van der Waals surface area contributed by atoms with Gasteiger partial charge < -0.3 is 10.2 Å². The Kier molecular flexibility index (Phi) is 4.85. The summed E-state index contributed by atoms with van der Waals surface area (Å²) in [6.07, 6.45) is 0.947. The summed E-state index contributed by atoms with van der Waals surface area (Å²) in [4.78, 5) is 16.5. The monoisotopic (exact) mass is 356 g/mol. The molecule has 23 heavy (non-hydrogen) atoms. The summed E-state index contributed by atoms with van der Waals surface area (Å²) < 4.78 is 23.4. The van der Waals surface area contributed by atoms with Crippen LogP contribution in [0.15, 0.2) is 28.5 Å². The average molecular weight is 356 g/mol. The highest BCUT2D eigenvalue weighted by Gasteiger charge is 2.26. The van der Waals surface area contributed by atoms with Gasteiger partial charge in [-0.25, -0.2) is 13.4 Å². The van der Waals surface area contributed by atoms with Crippen LogP contribution in [0.3, 0.4) is 0 Å². The lowest BCUT2D eigenvalue weighted by molar-refractivity contribution is -0.386. The summed E-state index contributed by atoms with van der Waals surface area (Å²) in [6, 6.07) is 4.18. The number of anilines is 2. The van der Waals surface area contributed by atoms with Crippen molar-refractivity contribution in [3.63, 3.8) is 0 Å². The number of nitrogens with zero attached hydrogens (tertiary/aromatic N) is 3. The van der Waals surface area contributed by atoms with Crippen molar-refractivity contribution in [2.24, 2.45) is 0 Å². The van der Waals surface area contributed by atoms with Crippen LogP contribution in [0, 0.1) is 10.1 Å². The van der Waals surface area contributed by atoms with E-state index in [1.165, 1.54) is 29.5 Å². The molecule has 0 unspecified atom stereocenters. The molecule has 0 spiro atoms. The molecule has 1 heterocycles. The number of thiazole rings is 1. The maximum atomic E-state index is 11.7. The van der Waals surface area contributed by atoms with Gasteiger partial charge in [0.15, 0.2) is 15.0 Å². The Hall–Kier alpha value is -2.20. The first-order chi connectivity index (χ1) is 10.7. The highest BCUT2D eigenvalue weighted by molar-refractivity contribution is 7.90. The Morgan fingerprint density at radius 2 is 2.09 bits per heavy atom. The normalized spacial score (nSPS) is 11.3. The van der Waals surface area contributed by atoms with Crippen LogP contribution in [-0.4, -0.2) is 38.7 Å². The summed E-state index contributed by atoms with van der Waals surface area (Å²) >= 11 is 1.46. The van der Waals surface area contributed by atoms with Crippen molar-refractivity contribution >= 4 is 37.7 Å². The van der Waals surface area contributed by atoms with Crippen LogP contribution >= 0.6 is 11.3 Å². The molecule has 0 aliphatic carbocycles. The second-order valence-corrected chi connectivity index (χ2v) is 7.87. The number of rotatable bonds is 6. The Labute approximate surface area is 137 Å². The Bertz CT molecular complexity index is 830. The van der Waals surface area contributed by atoms with Gasteiger partial charge in [-0.2, -0.15) is 0 Å². The molecule has 124 valence electrons. The van der Waals surface area contributed by atoms with Gasteiger partial charge in [0.2, 0.25) is 0 Å². The number of nitro groups is 1. The van der Waals surface area contributed by atoms with E-state index in [1.54, 1.807) is 0 Å². The standard InChI is InChI=1S/C13H16N4O4S2/c1-16(2)13-15-9(8-22-13)7-14-10-5-4-6-11(23(3,20)21)12(10)17(18)19/h4-6,8,14H,7H2,1-3H3. The van der Waals surface area contributed by atoms with Crippen molar-refractivity contribution in [1.82, 2.24) is 4.98 Å². The second-order valence-electron chi connectivity index (χ2n) is 5.05. The van der Waals surface area contributed by atoms with E-state index in [0.29, 0.717) is 0 Å². The van der Waals surface area contributed by atoms with Crippen molar-refractivity contribution in [2.45, 2.75) is 11.4 Å². The average Bonchev–Trinajstić information content (AvgIpc) is 2.92. The predicted octanol–water partition coefficient (Wildman–Crippen LogP) is 2.13. The molecule has 0 radical (unpaired) electrons. The van der Waals surface area contributed by atoms with Gasteiger partial charge >= 0.3 is 5.69 Å². The second kappa shape index (κ2) is 6.50. The molecule has 1 N–H and O–H groups in total. The van der Waals surface area contributed by atoms with Gasteiger partial charge in [0.25, 0.3) is 0 Å². The first kappa shape index (κ1) is 17.2. The fourth-order valence-corrected chi connectivity index (χ4v) is 3.54. The summed E-state index contributed by atoms with van der Waals surface area (Å²) in [5, 5.41) is 16.8. The smallest absolute Gasteiger partial charge is 0.310 e. The van der Waals surface area contributed by atoms with Gasteiger partial charge in [-0.1, -0.05) is 6.07 Å². The van der Waals surface area contributed by atoms with Gasteiger partial charge in [-0.3, -0.25) is 10.1 Å². The SMILES string of the molecule is CN(C)c1nc(CNc2cccc(S(C)(=O)=O)c2[N+](=O)[O-])cs1. The molecule has 1 aromatic carbocycles. The molecule has 0 fully saturated rings. The minimum Gasteiger partial charge on any atom is -0.374 e. The highest BCUT2D eigenvalue weighted by atomic mass is 32.2. The molecule has 2 aromatic rings. The van der Waals surface area contributed by atoms with Crippen LogP contribution in [0.5, 0.6) is 0 Å². The van der Waals surface area contributed by atoms with Gasteiger partial charge in [0.05, 0.1) is 17.2 Å². The summed E-state index contributed by atoms with van der Waals surface area (Å²) in [7, 11) is 0.0500. The molecule has 8 nitrogen and oxygen atoms in total. The molecular weight excluding hydrogens is 340 g/mol. The third-order valence-corrected chi connectivity index (χ3v) is 5.15. The molecule has 0 saturated carbocycles. The van der Waals surface area contributed by atoms with Crippen LogP contribution in [0.1, 0.15) is 5.69 Å². The van der Waals surface area contributed by atoms with E-state index in [2.05, 4.69) is 10.3 Å². The molecular formula is C13H16N4O4S2. The minimum absolute atomic E-state index is 0.150. The Balaban J connectivity index is 2.31. The summed E-state index contributed by atoms with van der Waals surface area (Å²) in [5.41, 5.74) is 0.424. The fourth-order valence-electron chi connectivity index (χ4n) is 1.92. The predicted molar refractivity (Wildman–Crippen MR) is 90.0 cm³/mol. The van der Waals surface area contributed by atoms with E-state index in [0.717, 1.165) is 17.1 Å². The molecule has 0 aliphatic rings. The fraction of sp³-hybridized carbons (Fsp3) is 0.308. The Morgan fingerprint density at radius 1 is 1.39 bits per heavy atom. The molecule has 0 bridgehead atoms. The number of hydrogen-bond donors (Lipinski definition) is 1. The zero-order valence-corrected chi connectivity index (χ0v) is 14.4. The van der Waals surface area contributed by atoms with E-state index in [-0.39, 0.29) is 17.1 Å². The third kappa shape index (κ3) is 3.96. The molecule has 0 aliphatic heterocycles. The van der Waals surface area contributed by atoms with Crippen molar-refractivity contribution in [1.29, 1.82) is 0 Å². The molecule has 10 heteroatoms. The number of aromatic nitrogens is 1. The number of nitro benzene ring substituents is 1. The number of para-hydroxylation sites is 1. The summed E-state index contributed by atoms with van der Waals surface area (Å²) in [6.45, 7) is 0.262. The first-order valence-corrected chi connectivity index (χ1v) is 9.30. The van der Waals surface area contributed by atoms with E-state index in [4.69, 9.17) is 0 Å². The molecule has 2 rings (SSSR count). The zero-order valence-electron chi connectivity index (χ0n) is 12.8. The topological polar surface area (TPSA) is 105 Å². The van der Waals surface area contributed by atoms with E-state index in [1.807, 2.05) is 24.4 Å². The summed E-state index contributed by atoms with van der Waals surface area (Å²) in [5.74, 6) is 0. The van der Waals surface area contributed by atoms with E-state index >= 15 is 0 Å². The van der Waals surface area contributed by atoms with Crippen LogP contribution in [0.4, 0.5) is 16.5 Å². The maximum Gasteiger partial charge on any atom is 0.310 e. The van der Waals surface area contributed by atoms with Crippen LogP contribution in [-0.2, 0) is 16.4 Å². The van der Waals surface area contributed by atoms with E-state index < -0.39 is 20.4 Å². The van der Waals surface area contributed by atoms with Gasteiger partial charge in [-0.05, 0) is 12.1 Å². The highest BCUT2D eigenvalue weighted by Crippen LogP contribution is 2.32. The number of sulfone groups is 1. The third-order valence-electron chi connectivity index (χ3n) is 2.96. The largest absolute Gasteiger partial charge is 0.374 e. The molecule has 0 saturated heterocycles. The number of nitrogens with one attached hydrogen (secondary N) is 1. The lowest BCUT2D eigenvalue weighted by atomic mass is 10.2. The van der Waals surface area contributed by atoms with Crippen LogP contribution in [0.2, 0.25) is 0 Å². The van der Waals surface area contributed by atoms with Crippen molar-refractivity contribution in [3.05, 3.63) is 39.4 Å². The molecule has 0 atom stereocenters. The zero-order chi connectivity index (χ0) is 17.2. The van der Waals surface area contributed by atoms with Crippen molar-refractivity contribution in [2.75, 3.05) is 30.6 Å². The van der Waals surface area contributed by atoms with Crippen LogP contribution < -0.4 is 10.2 Å². The van der Waals surface area contributed by atoms with Crippen molar-refractivity contribution < 1.29 is 13.3 Å². The van der Waals surface area contributed by atoms with Gasteiger partial charge in [0, 0.05) is 25.7 Å². The van der Waals surface area contributed by atoms with Gasteiger partial charge in [0.1, 0.15) is 10.6 Å². The number of benzene rings is 1. The van der Waals surface area contributed by atoms with Gasteiger partial charge in [-0.15, -0.1) is 11.3 Å². The van der Waals surface area contributed by atoms with Crippen LogP contribution in [0.25, 0.3) is 0 Å². The first-order valence-electron chi connectivity index (χ1n) is 6.53. The maximum absolute atomic E-state index is 11.7. The quantitative estimate of drug-likeness (QED) is 0.624. The minimum atomic E-state index is -3.69. The van der Waals surface area contributed by atoms with Crippen molar-refractivity contribution in [3.8, 4) is 0 Å². The lowest BCUT2D eigenvalue weighted by Crippen LogP contribution is -2.09. The molecule has 1 aromatic heterocycles. The number of hydrogen-bond acceptors (Lipinski definition) is 8. The molecule has 0 amide bonds.